The minimum atomic E-state index is -0.806. The van der Waals surface area contributed by atoms with Gasteiger partial charge in [-0.1, -0.05) is 47.1 Å². The molecule has 34 heavy (non-hydrogen) atoms. The number of halogens is 2. The number of carbonyl (C=O) groups excluding carboxylic acids is 2. The molecule has 0 saturated carbocycles. The molecule has 9 heteroatoms. The molecule has 178 valence electrons. The van der Waals surface area contributed by atoms with Crippen molar-refractivity contribution < 1.29 is 9.59 Å². The van der Waals surface area contributed by atoms with Gasteiger partial charge in [0.25, 0.3) is 5.91 Å². The minimum Gasteiger partial charge on any atom is -0.400 e. The molecule has 1 saturated heterocycles. The Balaban J connectivity index is 1.70. The van der Waals surface area contributed by atoms with E-state index in [1.807, 2.05) is 32.0 Å². The highest BCUT2D eigenvalue weighted by Gasteiger charge is 2.40. The third-order valence-electron chi connectivity index (χ3n) is 5.89. The Labute approximate surface area is 213 Å². The van der Waals surface area contributed by atoms with Crippen LogP contribution in [0.25, 0.3) is 0 Å². The van der Waals surface area contributed by atoms with Crippen molar-refractivity contribution in [2.24, 2.45) is 10.7 Å². The number of thioether (sulfide) groups is 1. The molecule has 0 aliphatic carbocycles. The lowest BCUT2D eigenvalue weighted by atomic mass is 10.1. The summed E-state index contributed by atoms with van der Waals surface area (Å²) in [5.41, 5.74) is 10.2. The highest BCUT2D eigenvalue weighted by molar-refractivity contribution is 8.16. The van der Waals surface area contributed by atoms with Crippen molar-refractivity contribution in [1.82, 2.24) is 4.90 Å². The topological polar surface area (TPSA) is 87.8 Å². The summed E-state index contributed by atoms with van der Waals surface area (Å²) in [5.74, 6) is -0.546. The second-order valence-electron chi connectivity index (χ2n) is 8.50. The van der Waals surface area contributed by atoms with Crippen molar-refractivity contribution in [3.63, 3.8) is 0 Å². The number of benzene rings is 2. The van der Waals surface area contributed by atoms with Crippen LogP contribution in [-0.2, 0) is 9.59 Å². The van der Waals surface area contributed by atoms with Crippen LogP contribution in [0.3, 0.4) is 0 Å². The van der Waals surface area contributed by atoms with E-state index in [2.05, 4.69) is 5.32 Å². The first kappa shape index (κ1) is 24.6. The number of carbonyl (C=O) groups is 2. The van der Waals surface area contributed by atoms with Crippen LogP contribution in [0.15, 0.2) is 52.7 Å². The average molecular weight is 517 g/mol. The van der Waals surface area contributed by atoms with E-state index >= 15 is 0 Å². The first-order valence-electron chi connectivity index (χ1n) is 11.1. The summed E-state index contributed by atoms with van der Waals surface area (Å²) in [7, 11) is 0. The molecule has 0 bridgehead atoms. The van der Waals surface area contributed by atoms with Crippen LogP contribution in [0.2, 0.25) is 10.0 Å². The van der Waals surface area contributed by atoms with Gasteiger partial charge >= 0.3 is 0 Å². The van der Waals surface area contributed by atoms with Crippen LogP contribution in [0, 0.1) is 13.8 Å². The number of nitrogens with zero attached hydrogens (tertiary/aromatic N) is 2. The number of anilines is 1. The number of aryl methyl sites for hydroxylation is 2. The Morgan fingerprint density at radius 1 is 1.09 bits per heavy atom. The van der Waals surface area contributed by atoms with Crippen LogP contribution < -0.4 is 11.1 Å². The number of nitrogens with one attached hydrogen (secondary N) is 1. The molecule has 3 N–H and O–H groups in total. The summed E-state index contributed by atoms with van der Waals surface area (Å²) in [6.45, 7) is 5.30. The molecule has 2 heterocycles. The van der Waals surface area contributed by atoms with Gasteiger partial charge in [-0.25, -0.2) is 4.99 Å². The fourth-order valence-electron chi connectivity index (χ4n) is 3.97. The van der Waals surface area contributed by atoms with E-state index in [-0.39, 0.29) is 17.5 Å². The highest BCUT2D eigenvalue weighted by Crippen LogP contribution is 2.37. The van der Waals surface area contributed by atoms with Crippen LogP contribution in [0.5, 0.6) is 0 Å². The molecule has 0 radical (unpaired) electrons. The standard InChI is InChI=1S/C25H26Cl2N4O2S/c1-14-6-7-15(2)19(12-14)30-24-20(25(33)31-10-4-3-5-11-31)21(28)22(34-24)23(32)29-18-9-8-16(26)13-17(18)27/h6-9,12-13,22H,3-5,10-11,28H2,1-2H3,(H,29,32). The molecule has 2 aliphatic rings. The van der Waals surface area contributed by atoms with Gasteiger partial charge in [-0.15, -0.1) is 0 Å². The lowest BCUT2D eigenvalue weighted by Crippen LogP contribution is -2.38. The van der Waals surface area contributed by atoms with Gasteiger partial charge in [0.1, 0.15) is 10.3 Å². The smallest absolute Gasteiger partial charge is 0.258 e. The van der Waals surface area contributed by atoms with Gasteiger partial charge in [-0.05, 0) is 68.5 Å². The fourth-order valence-corrected chi connectivity index (χ4v) is 5.54. The van der Waals surface area contributed by atoms with Crippen LogP contribution in [-0.4, -0.2) is 40.1 Å². The van der Waals surface area contributed by atoms with Gasteiger partial charge < -0.3 is 16.0 Å². The van der Waals surface area contributed by atoms with Crippen LogP contribution in [0.4, 0.5) is 11.4 Å². The van der Waals surface area contributed by atoms with E-state index < -0.39 is 5.25 Å². The van der Waals surface area contributed by atoms with Crippen molar-refractivity contribution in [2.75, 3.05) is 18.4 Å². The second kappa shape index (κ2) is 10.4. The number of hydrogen-bond donors (Lipinski definition) is 2. The van der Waals surface area contributed by atoms with Crippen LogP contribution >= 0.6 is 35.0 Å². The molecule has 4 rings (SSSR count). The first-order chi connectivity index (χ1) is 16.2. The van der Waals surface area contributed by atoms with Gasteiger partial charge in [-0.3, -0.25) is 9.59 Å². The van der Waals surface area contributed by atoms with Gasteiger partial charge in [0, 0.05) is 23.8 Å². The predicted molar refractivity (Wildman–Crippen MR) is 141 cm³/mol. The maximum atomic E-state index is 13.5. The quantitative estimate of drug-likeness (QED) is 0.551. The lowest BCUT2D eigenvalue weighted by Gasteiger charge is -2.27. The first-order valence-corrected chi connectivity index (χ1v) is 12.8. The zero-order valence-electron chi connectivity index (χ0n) is 19.0. The maximum absolute atomic E-state index is 13.5. The summed E-state index contributed by atoms with van der Waals surface area (Å²) in [5, 5.41) is 3.25. The Bertz CT molecular complexity index is 1210. The molecule has 1 atom stereocenters. The van der Waals surface area contributed by atoms with Gasteiger partial charge in [0.2, 0.25) is 5.91 Å². The Morgan fingerprint density at radius 3 is 2.53 bits per heavy atom. The van der Waals surface area contributed by atoms with Crippen molar-refractivity contribution in [3.8, 4) is 0 Å². The SMILES string of the molecule is Cc1ccc(C)c(N=C2SC(C(=O)Nc3ccc(Cl)cc3Cl)C(N)=C2C(=O)N2CCCCC2)c1. The maximum Gasteiger partial charge on any atom is 0.258 e. The zero-order chi connectivity index (χ0) is 24.4. The van der Waals surface area contributed by atoms with E-state index in [4.69, 9.17) is 33.9 Å². The third-order valence-corrected chi connectivity index (χ3v) is 7.66. The Kier molecular flexibility index (Phi) is 7.55. The van der Waals surface area contributed by atoms with E-state index in [0.29, 0.717) is 39.4 Å². The molecule has 0 aromatic heterocycles. The number of amides is 2. The molecule has 1 unspecified atom stereocenters. The third kappa shape index (κ3) is 5.27. The molecular formula is C25H26Cl2N4O2S. The van der Waals surface area contributed by atoms with E-state index in [0.717, 1.165) is 36.1 Å². The predicted octanol–water partition coefficient (Wildman–Crippen LogP) is 5.62. The summed E-state index contributed by atoms with van der Waals surface area (Å²) >= 11 is 13.4. The number of hydrogen-bond acceptors (Lipinski definition) is 5. The summed E-state index contributed by atoms with van der Waals surface area (Å²) in [6.07, 6.45) is 3.01. The molecule has 0 spiro atoms. The largest absolute Gasteiger partial charge is 0.400 e. The number of likely N-dealkylation sites (tertiary alicyclic amines) is 1. The van der Waals surface area contributed by atoms with Gasteiger partial charge in [-0.2, -0.15) is 0 Å². The Morgan fingerprint density at radius 2 is 1.82 bits per heavy atom. The number of rotatable bonds is 4. The molecule has 2 aliphatic heterocycles. The number of nitrogens with two attached hydrogens (primary N) is 1. The molecule has 6 nitrogen and oxygen atoms in total. The molecule has 1 fully saturated rings. The second-order valence-corrected chi connectivity index (χ2v) is 10.4. The van der Waals surface area contributed by atoms with Gasteiger partial charge in [0.15, 0.2) is 0 Å². The van der Waals surface area contributed by atoms with Crippen LogP contribution in [0.1, 0.15) is 30.4 Å². The van der Waals surface area contributed by atoms with Crippen molar-refractivity contribution in [2.45, 2.75) is 38.4 Å². The van der Waals surface area contributed by atoms with Crippen molar-refractivity contribution in [1.29, 1.82) is 0 Å². The minimum absolute atomic E-state index is 0.173. The zero-order valence-corrected chi connectivity index (χ0v) is 21.4. The van der Waals surface area contributed by atoms with Crippen molar-refractivity contribution in [3.05, 3.63) is 68.8 Å². The summed E-state index contributed by atoms with van der Waals surface area (Å²) in [6, 6.07) is 10.8. The lowest BCUT2D eigenvalue weighted by molar-refractivity contribution is -0.127. The van der Waals surface area contributed by atoms with Gasteiger partial charge in [0.05, 0.1) is 22.0 Å². The molecular weight excluding hydrogens is 491 g/mol. The summed E-state index contributed by atoms with van der Waals surface area (Å²) in [4.78, 5) is 33.3. The highest BCUT2D eigenvalue weighted by atomic mass is 35.5. The average Bonchev–Trinajstić information content (AvgIpc) is 3.14. The molecule has 2 amide bonds. The number of aliphatic imine (C=N–C) groups is 1. The van der Waals surface area contributed by atoms with Crippen molar-refractivity contribution >= 4 is 63.2 Å². The molecule has 2 aromatic rings. The van der Waals surface area contributed by atoms with E-state index in [9.17, 15) is 9.59 Å². The van der Waals surface area contributed by atoms with E-state index in [1.165, 1.54) is 11.8 Å². The fraction of sp³-hybridized carbons (Fsp3) is 0.320. The molecule has 2 aromatic carbocycles. The Hall–Kier alpha value is -2.48. The van der Waals surface area contributed by atoms with E-state index in [1.54, 1.807) is 23.1 Å². The monoisotopic (exact) mass is 516 g/mol. The number of piperidine rings is 1. The summed E-state index contributed by atoms with van der Waals surface area (Å²) < 4.78 is 0. The normalized spacial score (nSPS) is 19.6.